The third-order valence-electron chi connectivity index (χ3n) is 4.62. The zero-order chi connectivity index (χ0) is 18.9. The number of pyridine rings is 1. The fourth-order valence-corrected chi connectivity index (χ4v) is 3.23. The van der Waals surface area contributed by atoms with Gasteiger partial charge < -0.3 is 9.72 Å². The van der Waals surface area contributed by atoms with Gasteiger partial charge >= 0.3 is 0 Å². The van der Waals surface area contributed by atoms with Crippen LogP contribution in [0.1, 0.15) is 0 Å². The highest BCUT2D eigenvalue weighted by Gasteiger charge is 2.17. The Hall–Kier alpha value is -3.93. The lowest BCUT2D eigenvalue weighted by atomic mass is 10.1. The highest BCUT2D eigenvalue weighted by atomic mass is 16.5. The van der Waals surface area contributed by atoms with E-state index in [9.17, 15) is 0 Å². The van der Waals surface area contributed by atoms with E-state index in [1.165, 1.54) is 0 Å². The summed E-state index contributed by atoms with van der Waals surface area (Å²) in [6.07, 6.45) is 5.51. The molecule has 3 heterocycles. The Bertz CT molecular complexity index is 1220. The number of fused-ring (bicyclic) bond motifs is 1. The van der Waals surface area contributed by atoms with Crippen LogP contribution in [0.3, 0.4) is 0 Å². The lowest BCUT2D eigenvalue weighted by molar-refractivity contribution is 0.415. The normalized spacial score (nSPS) is 11.0. The van der Waals surface area contributed by atoms with Crippen molar-refractivity contribution in [3.63, 3.8) is 0 Å². The van der Waals surface area contributed by atoms with Gasteiger partial charge in [-0.15, -0.1) is 0 Å². The number of para-hydroxylation sites is 1. The van der Waals surface area contributed by atoms with E-state index in [-0.39, 0.29) is 0 Å². The molecule has 2 aromatic carbocycles. The van der Waals surface area contributed by atoms with E-state index in [0.29, 0.717) is 0 Å². The minimum absolute atomic E-state index is 0.753. The van der Waals surface area contributed by atoms with Gasteiger partial charge in [0.2, 0.25) is 0 Å². The summed E-state index contributed by atoms with van der Waals surface area (Å²) in [7, 11) is 1.66. The first-order valence-corrected chi connectivity index (χ1v) is 8.91. The van der Waals surface area contributed by atoms with Crippen LogP contribution < -0.4 is 4.74 Å². The summed E-state index contributed by atoms with van der Waals surface area (Å²) in [5.41, 5.74) is 5.44. The van der Waals surface area contributed by atoms with Crippen LogP contribution in [-0.4, -0.2) is 31.8 Å². The summed E-state index contributed by atoms with van der Waals surface area (Å²) in [5, 5.41) is 4.86. The molecule has 136 valence electrons. The minimum Gasteiger partial charge on any atom is -0.497 e. The number of H-pyrrole nitrogens is 1. The quantitative estimate of drug-likeness (QED) is 0.508. The summed E-state index contributed by atoms with van der Waals surface area (Å²) < 4.78 is 7.27. The molecule has 0 fully saturated rings. The summed E-state index contributed by atoms with van der Waals surface area (Å²) >= 11 is 0. The first-order valence-electron chi connectivity index (χ1n) is 8.91. The van der Waals surface area contributed by atoms with Crippen molar-refractivity contribution in [3.05, 3.63) is 79.3 Å². The number of benzene rings is 2. The number of hydrogen-bond acceptors (Lipinski definition) is 4. The van der Waals surface area contributed by atoms with Gasteiger partial charge in [0, 0.05) is 18.0 Å². The average molecular weight is 367 g/mol. The predicted octanol–water partition coefficient (Wildman–Crippen LogP) is 4.49. The molecule has 28 heavy (non-hydrogen) atoms. The van der Waals surface area contributed by atoms with E-state index in [1.807, 2.05) is 71.5 Å². The van der Waals surface area contributed by atoms with Crippen molar-refractivity contribution in [2.45, 2.75) is 0 Å². The van der Waals surface area contributed by atoms with Gasteiger partial charge in [-0.1, -0.05) is 30.3 Å². The maximum Gasteiger partial charge on any atom is 0.142 e. The van der Waals surface area contributed by atoms with Crippen LogP contribution in [0.4, 0.5) is 0 Å². The summed E-state index contributed by atoms with van der Waals surface area (Å²) in [5.74, 6) is 1.54. The fraction of sp³-hybridized carbons (Fsp3) is 0.0455. The summed E-state index contributed by atoms with van der Waals surface area (Å²) in [4.78, 5) is 12.3. The van der Waals surface area contributed by atoms with Crippen molar-refractivity contribution in [2.24, 2.45) is 0 Å². The Balaban J connectivity index is 1.72. The van der Waals surface area contributed by atoms with Gasteiger partial charge in [-0.2, -0.15) is 5.10 Å². The zero-order valence-electron chi connectivity index (χ0n) is 15.2. The molecule has 0 atom stereocenters. The Labute approximate surface area is 161 Å². The van der Waals surface area contributed by atoms with Gasteiger partial charge in [0.1, 0.15) is 17.3 Å². The molecule has 0 amide bonds. The second-order valence-corrected chi connectivity index (χ2v) is 6.38. The first kappa shape index (κ1) is 16.3. The van der Waals surface area contributed by atoms with Crippen molar-refractivity contribution < 1.29 is 4.74 Å². The monoisotopic (exact) mass is 367 g/mol. The molecule has 3 aromatic heterocycles. The molecule has 0 aliphatic rings. The van der Waals surface area contributed by atoms with Crippen molar-refractivity contribution >= 4 is 11.0 Å². The molecular formula is C22H17N5O. The molecule has 5 rings (SSSR count). The van der Waals surface area contributed by atoms with Crippen LogP contribution >= 0.6 is 0 Å². The van der Waals surface area contributed by atoms with Crippen molar-refractivity contribution in [1.82, 2.24) is 24.7 Å². The van der Waals surface area contributed by atoms with Gasteiger partial charge in [-0.25, -0.2) is 9.67 Å². The smallest absolute Gasteiger partial charge is 0.142 e. The van der Waals surface area contributed by atoms with Crippen LogP contribution in [0.15, 0.2) is 79.3 Å². The minimum atomic E-state index is 0.753. The van der Waals surface area contributed by atoms with E-state index >= 15 is 0 Å². The Morgan fingerprint density at radius 2 is 1.89 bits per heavy atom. The number of hydrogen-bond donors (Lipinski definition) is 1. The van der Waals surface area contributed by atoms with Crippen molar-refractivity contribution in [2.75, 3.05) is 7.11 Å². The Morgan fingerprint density at radius 1 is 1.00 bits per heavy atom. The predicted molar refractivity (Wildman–Crippen MR) is 108 cm³/mol. The molecule has 0 radical (unpaired) electrons. The molecule has 6 heteroatoms. The molecule has 6 nitrogen and oxygen atoms in total. The van der Waals surface area contributed by atoms with Gasteiger partial charge in [-0.3, -0.25) is 4.98 Å². The summed E-state index contributed by atoms with van der Waals surface area (Å²) in [6, 6.07) is 19.8. The van der Waals surface area contributed by atoms with E-state index in [1.54, 1.807) is 19.5 Å². The van der Waals surface area contributed by atoms with Gasteiger partial charge in [0.25, 0.3) is 0 Å². The maximum absolute atomic E-state index is 5.40. The molecule has 0 spiro atoms. The molecular weight excluding hydrogens is 350 g/mol. The topological polar surface area (TPSA) is 68.6 Å². The fourth-order valence-electron chi connectivity index (χ4n) is 3.23. The van der Waals surface area contributed by atoms with Gasteiger partial charge in [0.05, 0.1) is 35.6 Å². The Kier molecular flexibility index (Phi) is 3.87. The van der Waals surface area contributed by atoms with Crippen LogP contribution in [0.5, 0.6) is 5.75 Å². The van der Waals surface area contributed by atoms with Crippen LogP contribution in [-0.2, 0) is 0 Å². The number of imidazole rings is 1. The Morgan fingerprint density at radius 3 is 2.71 bits per heavy atom. The molecule has 0 bridgehead atoms. The molecule has 5 aromatic rings. The SMILES string of the molecule is COc1cccc(-c2nn(-c3ccccc3)cc2-c2nc3ccncc3[nH]2)c1. The number of aromatic amines is 1. The number of ether oxygens (including phenoxy) is 1. The van der Waals surface area contributed by atoms with Crippen LogP contribution in [0.2, 0.25) is 0 Å². The van der Waals surface area contributed by atoms with Crippen molar-refractivity contribution in [3.8, 4) is 34.1 Å². The summed E-state index contributed by atoms with van der Waals surface area (Å²) in [6.45, 7) is 0. The maximum atomic E-state index is 5.40. The van der Waals surface area contributed by atoms with Crippen molar-refractivity contribution in [1.29, 1.82) is 0 Å². The lowest BCUT2D eigenvalue weighted by Crippen LogP contribution is -1.94. The average Bonchev–Trinajstić information content (AvgIpc) is 3.39. The molecule has 0 unspecified atom stereocenters. The standard InChI is InChI=1S/C22H17N5O/c1-28-17-9-5-6-15(12-17)21-18(14-27(26-21)16-7-3-2-4-8-16)22-24-19-10-11-23-13-20(19)25-22/h2-14H,1H3,(H,24,25). The molecule has 0 aliphatic heterocycles. The highest BCUT2D eigenvalue weighted by molar-refractivity contribution is 5.84. The van der Waals surface area contributed by atoms with Crippen LogP contribution in [0.25, 0.3) is 39.4 Å². The number of aromatic nitrogens is 5. The van der Waals surface area contributed by atoms with E-state index < -0.39 is 0 Å². The molecule has 0 saturated carbocycles. The van der Waals surface area contributed by atoms with Crippen LogP contribution in [0, 0.1) is 0 Å². The number of nitrogens with one attached hydrogen (secondary N) is 1. The third-order valence-corrected chi connectivity index (χ3v) is 4.62. The van der Waals surface area contributed by atoms with Gasteiger partial charge in [-0.05, 0) is 30.3 Å². The first-order chi connectivity index (χ1) is 13.8. The second-order valence-electron chi connectivity index (χ2n) is 6.38. The van der Waals surface area contributed by atoms with Gasteiger partial charge in [0.15, 0.2) is 0 Å². The second kappa shape index (κ2) is 6.66. The third kappa shape index (κ3) is 2.81. The zero-order valence-corrected chi connectivity index (χ0v) is 15.2. The molecule has 0 aliphatic carbocycles. The number of rotatable bonds is 4. The number of nitrogens with zero attached hydrogens (tertiary/aromatic N) is 4. The molecule has 0 saturated heterocycles. The number of methoxy groups -OCH3 is 1. The molecule has 1 N–H and O–H groups in total. The highest BCUT2D eigenvalue weighted by Crippen LogP contribution is 2.33. The largest absolute Gasteiger partial charge is 0.497 e. The van der Waals surface area contributed by atoms with E-state index in [4.69, 9.17) is 14.8 Å². The van der Waals surface area contributed by atoms with E-state index in [2.05, 4.69) is 9.97 Å². The lowest BCUT2D eigenvalue weighted by Gasteiger charge is -2.04. The van der Waals surface area contributed by atoms with E-state index in [0.717, 1.165) is 45.1 Å².